The highest BCUT2D eigenvalue weighted by Crippen LogP contribution is 2.31. The van der Waals surface area contributed by atoms with Gasteiger partial charge in [0.05, 0.1) is 24.5 Å². The Morgan fingerprint density at radius 3 is 3.00 bits per heavy atom. The topological polar surface area (TPSA) is 46.6 Å². The van der Waals surface area contributed by atoms with Crippen LogP contribution in [0.15, 0.2) is 5.38 Å². The highest BCUT2D eigenvalue weighted by atomic mass is 32.1. The van der Waals surface area contributed by atoms with Gasteiger partial charge in [-0.1, -0.05) is 0 Å². The van der Waals surface area contributed by atoms with Crippen molar-refractivity contribution in [1.29, 1.82) is 0 Å². The molecule has 1 N–H and O–H groups in total. The smallest absolute Gasteiger partial charge is 0.185 e. The van der Waals surface area contributed by atoms with Gasteiger partial charge in [0.15, 0.2) is 5.13 Å². The monoisotopic (exact) mass is 283 g/mol. The van der Waals surface area contributed by atoms with Crippen molar-refractivity contribution in [2.24, 2.45) is 0 Å². The molecule has 2 saturated heterocycles. The minimum absolute atomic E-state index is 0.422. The third-order valence-electron chi connectivity index (χ3n) is 3.64. The van der Waals surface area contributed by atoms with Crippen LogP contribution in [0.4, 0.5) is 5.13 Å². The van der Waals surface area contributed by atoms with Gasteiger partial charge in [0.2, 0.25) is 0 Å². The van der Waals surface area contributed by atoms with Crippen LogP contribution in [0.2, 0.25) is 0 Å². The van der Waals surface area contributed by atoms with Crippen molar-refractivity contribution in [2.45, 2.75) is 31.6 Å². The first-order valence-electron chi connectivity index (χ1n) is 6.89. The quantitative estimate of drug-likeness (QED) is 0.796. The van der Waals surface area contributed by atoms with Crippen LogP contribution in [0.1, 0.15) is 18.5 Å². The molecule has 0 aliphatic carbocycles. The Hall–Kier alpha value is -0.690. The van der Waals surface area contributed by atoms with Crippen molar-refractivity contribution in [3.63, 3.8) is 0 Å². The Labute approximate surface area is 117 Å². The molecule has 2 atom stereocenters. The summed E-state index contributed by atoms with van der Waals surface area (Å²) in [6.45, 7) is 4.42. The zero-order chi connectivity index (χ0) is 13.1. The molecular weight excluding hydrogens is 262 g/mol. The molecule has 1 aromatic rings. The lowest BCUT2D eigenvalue weighted by atomic mass is 10.2. The molecule has 2 bridgehead atoms. The molecule has 5 nitrogen and oxygen atoms in total. The summed E-state index contributed by atoms with van der Waals surface area (Å²) in [5.74, 6) is 0. The molecule has 2 aliphatic rings. The van der Waals surface area contributed by atoms with Crippen LogP contribution in [-0.2, 0) is 16.0 Å². The van der Waals surface area contributed by atoms with E-state index in [-0.39, 0.29) is 0 Å². The zero-order valence-electron chi connectivity index (χ0n) is 11.3. The second-order valence-electron chi connectivity index (χ2n) is 5.15. The summed E-state index contributed by atoms with van der Waals surface area (Å²) in [7, 11) is 1.72. The van der Waals surface area contributed by atoms with Crippen molar-refractivity contribution in [2.75, 3.05) is 38.3 Å². The number of thiazole rings is 1. The second kappa shape index (κ2) is 6.17. The third kappa shape index (κ3) is 3.25. The van der Waals surface area contributed by atoms with Crippen molar-refractivity contribution in [3.05, 3.63) is 11.1 Å². The van der Waals surface area contributed by atoms with Crippen LogP contribution < -0.4 is 10.2 Å². The van der Waals surface area contributed by atoms with Crippen molar-refractivity contribution in [3.8, 4) is 0 Å². The minimum Gasteiger partial charge on any atom is -0.383 e. The van der Waals surface area contributed by atoms with Crippen LogP contribution in [0, 0.1) is 0 Å². The van der Waals surface area contributed by atoms with Gasteiger partial charge in [-0.25, -0.2) is 4.98 Å². The maximum Gasteiger partial charge on any atom is 0.185 e. The molecule has 2 unspecified atom stereocenters. The number of ether oxygens (including phenoxy) is 2. The maximum atomic E-state index is 5.86. The molecular formula is C13H21N3O2S. The molecule has 0 radical (unpaired) electrons. The van der Waals surface area contributed by atoms with Crippen molar-refractivity contribution >= 4 is 16.5 Å². The number of anilines is 1. The molecule has 3 heterocycles. The highest BCUT2D eigenvalue weighted by molar-refractivity contribution is 7.13. The highest BCUT2D eigenvalue weighted by Gasteiger charge is 2.34. The number of nitrogens with one attached hydrogen (secondary N) is 1. The predicted molar refractivity (Wildman–Crippen MR) is 75.8 cm³/mol. The fourth-order valence-corrected chi connectivity index (χ4v) is 3.53. The molecule has 2 aliphatic heterocycles. The third-order valence-corrected chi connectivity index (χ3v) is 4.59. The Kier molecular flexibility index (Phi) is 4.32. The van der Waals surface area contributed by atoms with E-state index in [1.165, 1.54) is 12.8 Å². The normalized spacial score (nSPS) is 26.1. The van der Waals surface area contributed by atoms with E-state index in [1.807, 2.05) is 0 Å². The summed E-state index contributed by atoms with van der Waals surface area (Å²) in [5.41, 5.74) is 1.12. The average molecular weight is 283 g/mol. The molecule has 0 saturated carbocycles. The lowest BCUT2D eigenvalue weighted by Gasteiger charge is -2.31. The summed E-state index contributed by atoms with van der Waals surface area (Å²) in [4.78, 5) is 7.10. The van der Waals surface area contributed by atoms with E-state index in [2.05, 4.69) is 15.6 Å². The van der Waals surface area contributed by atoms with Gasteiger partial charge in [-0.05, 0) is 12.8 Å². The van der Waals surface area contributed by atoms with E-state index < -0.39 is 0 Å². The van der Waals surface area contributed by atoms with Crippen LogP contribution in [-0.4, -0.2) is 50.5 Å². The first-order valence-corrected chi connectivity index (χ1v) is 7.77. The van der Waals surface area contributed by atoms with Crippen molar-refractivity contribution < 1.29 is 9.47 Å². The molecule has 1 aromatic heterocycles. The van der Waals surface area contributed by atoms with Gasteiger partial charge in [0.25, 0.3) is 0 Å². The van der Waals surface area contributed by atoms with Gasteiger partial charge in [-0.2, -0.15) is 0 Å². The summed E-state index contributed by atoms with van der Waals surface area (Å²) in [6, 6.07) is 0. The second-order valence-corrected chi connectivity index (χ2v) is 5.99. The SMILES string of the molecule is COCCNCc1csc(N2CC3CCC(C2)O3)n1. The Morgan fingerprint density at radius 2 is 2.26 bits per heavy atom. The first-order chi connectivity index (χ1) is 9.35. The lowest BCUT2D eigenvalue weighted by Crippen LogP contribution is -2.42. The number of nitrogens with zero attached hydrogens (tertiary/aromatic N) is 2. The number of hydrogen-bond acceptors (Lipinski definition) is 6. The Morgan fingerprint density at radius 1 is 1.47 bits per heavy atom. The average Bonchev–Trinajstić information content (AvgIpc) is 3.02. The number of methoxy groups -OCH3 is 1. The maximum absolute atomic E-state index is 5.86. The van der Waals surface area contributed by atoms with Crippen LogP contribution >= 0.6 is 11.3 Å². The first kappa shape index (κ1) is 13.3. The van der Waals surface area contributed by atoms with Crippen LogP contribution in [0.3, 0.4) is 0 Å². The number of rotatable bonds is 6. The molecule has 3 rings (SSSR count). The van der Waals surface area contributed by atoms with Gasteiger partial charge in [-0.15, -0.1) is 11.3 Å². The molecule has 0 spiro atoms. The van der Waals surface area contributed by atoms with E-state index in [9.17, 15) is 0 Å². The lowest BCUT2D eigenvalue weighted by molar-refractivity contribution is 0.0305. The number of aromatic nitrogens is 1. The molecule has 106 valence electrons. The Bertz CT molecular complexity index is 400. The van der Waals surface area contributed by atoms with E-state index in [0.29, 0.717) is 12.2 Å². The van der Waals surface area contributed by atoms with Gasteiger partial charge in [0, 0.05) is 38.7 Å². The van der Waals surface area contributed by atoms with E-state index in [0.717, 1.165) is 43.6 Å². The number of hydrogen-bond donors (Lipinski definition) is 1. The summed E-state index contributed by atoms with van der Waals surface area (Å²) >= 11 is 1.74. The molecule has 19 heavy (non-hydrogen) atoms. The fraction of sp³-hybridized carbons (Fsp3) is 0.769. The Balaban J connectivity index is 1.53. The minimum atomic E-state index is 0.422. The predicted octanol–water partition coefficient (Wildman–Crippen LogP) is 1.25. The van der Waals surface area contributed by atoms with E-state index in [1.54, 1.807) is 18.4 Å². The summed E-state index contributed by atoms with van der Waals surface area (Å²) < 4.78 is 10.9. The van der Waals surface area contributed by atoms with Gasteiger partial charge >= 0.3 is 0 Å². The summed E-state index contributed by atoms with van der Waals surface area (Å²) in [6.07, 6.45) is 3.26. The van der Waals surface area contributed by atoms with E-state index >= 15 is 0 Å². The summed E-state index contributed by atoms with van der Waals surface area (Å²) in [5, 5.41) is 6.61. The standard InChI is InChI=1S/C13H21N3O2S/c1-17-5-4-14-6-10-9-19-13(15-10)16-7-11-2-3-12(8-16)18-11/h9,11-12,14H,2-8H2,1H3. The fourth-order valence-electron chi connectivity index (χ4n) is 2.68. The molecule has 6 heteroatoms. The zero-order valence-corrected chi connectivity index (χ0v) is 12.1. The molecule has 2 fully saturated rings. The van der Waals surface area contributed by atoms with Crippen LogP contribution in [0.25, 0.3) is 0 Å². The van der Waals surface area contributed by atoms with Gasteiger partial charge in [-0.3, -0.25) is 0 Å². The van der Waals surface area contributed by atoms with Crippen LogP contribution in [0.5, 0.6) is 0 Å². The van der Waals surface area contributed by atoms with Crippen molar-refractivity contribution in [1.82, 2.24) is 10.3 Å². The molecule has 0 amide bonds. The number of morpholine rings is 1. The number of fused-ring (bicyclic) bond motifs is 2. The largest absolute Gasteiger partial charge is 0.383 e. The molecule has 0 aromatic carbocycles. The van der Waals surface area contributed by atoms with Gasteiger partial charge < -0.3 is 19.7 Å². The van der Waals surface area contributed by atoms with E-state index in [4.69, 9.17) is 14.5 Å². The van der Waals surface area contributed by atoms with Gasteiger partial charge in [0.1, 0.15) is 0 Å².